The molecule has 9 rings (SSSR count). The van der Waals surface area contributed by atoms with Crippen molar-refractivity contribution >= 4 is 52.5 Å². The lowest BCUT2D eigenvalue weighted by atomic mass is 9.85. The van der Waals surface area contributed by atoms with E-state index in [2.05, 4.69) is 40.9 Å². The Morgan fingerprint density at radius 2 is 1.72 bits per heavy atom. The van der Waals surface area contributed by atoms with Gasteiger partial charge in [-0.25, -0.2) is 18.6 Å². The predicted octanol–water partition coefficient (Wildman–Crippen LogP) is 6.74. The van der Waals surface area contributed by atoms with Gasteiger partial charge in [-0.15, -0.1) is 11.3 Å². The smallest absolute Gasteiger partial charge is 0.317 e. The maximum atomic E-state index is 15.1. The fraction of sp³-hybridized carbons (Fsp3) is 0.536. The number of thiazole rings is 1. The van der Waals surface area contributed by atoms with E-state index < -0.39 is 35.9 Å². The normalized spacial score (nSPS) is 18.1. The highest BCUT2D eigenvalue weighted by Crippen LogP contribution is 2.44. The van der Waals surface area contributed by atoms with Gasteiger partial charge in [0.05, 0.1) is 47.5 Å². The van der Waals surface area contributed by atoms with Gasteiger partial charge in [0.2, 0.25) is 23.6 Å². The molecule has 3 atom stereocenters. The van der Waals surface area contributed by atoms with Gasteiger partial charge in [-0.2, -0.15) is 10.2 Å². The first kappa shape index (κ1) is 56.0. The monoisotopic (exact) mass is 1090 g/mol. The summed E-state index contributed by atoms with van der Waals surface area (Å²) in [5, 5.41) is 31.7. The molecule has 19 nitrogen and oxygen atoms in total. The zero-order valence-corrected chi connectivity index (χ0v) is 46.0. The number of hydrogen-bond donors (Lipinski definition) is 5. The minimum atomic E-state index is -2.78. The van der Waals surface area contributed by atoms with Crippen LogP contribution in [0.1, 0.15) is 118 Å². The number of aliphatic hydroxyl groups is 1. The van der Waals surface area contributed by atoms with Crippen LogP contribution in [0.5, 0.6) is 0 Å². The number of amides is 6. The van der Waals surface area contributed by atoms with E-state index in [0.29, 0.717) is 87.7 Å². The summed E-state index contributed by atoms with van der Waals surface area (Å²) < 4.78 is 39.6. The third kappa shape index (κ3) is 12.7. The van der Waals surface area contributed by atoms with Crippen LogP contribution in [0.25, 0.3) is 21.6 Å². The van der Waals surface area contributed by atoms with Crippen LogP contribution in [0.3, 0.4) is 0 Å². The first-order valence-electron chi connectivity index (χ1n) is 27.2. The van der Waals surface area contributed by atoms with Gasteiger partial charge < -0.3 is 45.8 Å². The van der Waals surface area contributed by atoms with Gasteiger partial charge in [0.25, 0.3) is 6.43 Å². The predicted molar refractivity (Wildman–Crippen MR) is 291 cm³/mol. The molecule has 0 saturated carbocycles. The number of β-amino-alcohol motifs (C(OH)–C–C–N with tert-alkyl or cyclic N) is 1. The molecule has 3 aromatic heterocycles. The summed E-state index contributed by atoms with van der Waals surface area (Å²) in [6.07, 6.45) is 4.46. The second-order valence-electron chi connectivity index (χ2n) is 21.9. The molecule has 0 aliphatic carbocycles. The van der Waals surface area contributed by atoms with Crippen LogP contribution in [0, 0.1) is 12.3 Å². The highest BCUT2D eigenvalue weighted by molar-refractivity contribution is 7.13. The summed E-state index contributed by atoms with van der Waals surface area (Å²) in [5.41, 5.74) is 8.38. The Kier molecular flexibility index (Phi) is 17.6. The van der Waals surface area contributed by atoms with E-state index in [1.54, 1.807) is 51.9 Å². The second-order valence-corrected chi connectivity index (χ2v) is 22.7. The molecule has 0 spiro atoms. The van der Waals surface area contributed by atoms with Crippen molar-refractivity contribution in [3.8, 4) is 21.6 Å². The van der Waals surface area contributed by atoms with Crippen molar-refractivity contribution in [1.82, 2.24) is 55.6 Å². The number of aromatic nitrogens is 5. The number of nitrogens with one attached hydrogen (secondary N) is 4. The number of likely N-dealkylation sites (tertiary alicyclic amines) is 1. The standard InChI is InChI=1S/C56H72F2N12O7S/c1-34-49(78-33-62-34)36-14-12-35(13-15-36)28-61-53(74)46-26-40(71)31-69(46)54(75)50(56(2,3)4)64-48(73)11-7-6-10-47(72)60-19-22-67-30-38(29-63-67)41-25-37-9-8-20-68(45(37)27-42(41)51(57)58)52-43-32-66(55(76)59-5)21-16-44(43)70(65-52)39-17-23-77-24-18-39/h12-15,25,27,29-30,33,39-40,46,50-51,71H,6-11,16-24,26,28,31-32H2,1-5H3,(H,59,76)(H,60,72)(H,61,74)(H,64,73)/t40-,46+,50-/m1/s1. The average molecular weight is 1100 g/mol. The van der Waals surface area contributed by atoms with E-state index in [0.717, 1.165) is 57.8 Å². The van der Waals surface area contributed by atoms with Crippen molar-refractivity contribution in [1.29, 1.82) is 0 Å². The molecule has 7 heterocycles. The molecule has 2 fully saturated rings. The van der Waals surface area contributed by atoms with Gasteiger partial charge in [-0.3, -0.25) is 28.5 Å². The number of halogens is 2. The molecule has 4 aliphatic heterocycles. The van der Waals surface area contributed by atoms with Crippen LogP contribution in [0.4, 0.5) is 25.1 Å². The highest BCUT2D eigenvalue weighted by Gasteiger charge is 2.44. The van der Waals surface area contributed by atoms with E-state index in [4.69, 9.17) is 9.84 Å². The molecule has 22 heteroatoms. The lowest BCUT2D eigenvalue weighted by Crippen LogP contribution is -2.57. The average Bonchev–Trinajstić information content (AvgIpc) is 4.29. The summed E-state index contributed by atoms with van der Waals surface area (Å²) in [7, 11) is 1.61. The van der Waals surface area contributed by atoms with E-state index in [1.165, 1.54) is 4.90 Å². The number of aryl methyl sites for hydroxylation is 2. The Labute approximate surface area is 457 Å². The van der Waals surface area contributed by atoms with Gasteiger partial charge in [0.1, 0.15) is 12.1 Å². The molecular weight excluding hydrogens is 1020 g/mol. The van der Waals surface area contributed by atoms with Gasteiger partial charge >= 0.3 is 6.03 Å². The number of ether oxygens (including phenoxy) is 1. The number of unbranched alkanes of at least 4 members (excludes halogenated alkanes) is 1. The molecule has 6 amide bonds. The van der Waals surface area contributed by atoms with E-state index in [1.807, 2.05) is 58.0 Å². The zero-order valence-electron chi connectivity index (χ0n) is 45.2. The fourth-order valence-electron chi connectivity index (χ4n) is 11.1. The minimum Gasteiger partial charge on any atom is -0.391 e. The van der Waals surface area contributed by atoms with Crippen molar-refractivity contribution < 1.29 is 42.6 Å². The van der Waals surface area contributed by atoms with Crippen LogP contribution >= 0.6 is 11.3 Å². The van der Waals surface area contributed by atoms with Crippen LogP contribution in [-0.4, -0.2) is 134 Å². The number of carbonyl (C=O) groups excluding carboxylic acids is 5. The zero-order chi connectivity index (χ0) is 55.3. The lowest BCUT2D eigenvalue weighted by Gasteiger charge is -2.35. The number of nitrogens with zero attached hydrogens (tertiary/aromatic N) is 8. The second kappa shape index (κ2) is 24.5. The molecule has 5 N–H and O–H groups in total. The first-order chi connectivity index (χ1) is 37.5. The summed E-state index contributed by atoms with van der Waals surface area (Å²) in [5.74, 6) is -0.723. The topological polar surface area (TPSA) is 221 Å². The molecule has 2 aromatic carbocycles. The number of urea groups is 1. The number of rotatable bonds is 18. The largest absolute Gasteiger partial charge is 0.391 e. The quantitative estimate of drug-likeness (QED) is 0.0579. The molecule has 418 valence electrons. The number of fused-ring (bicyclic) bond motifs is 2. The van der Waals surface area contributed by atoms with Crippen LogP contribution in [0.2, 0.25) is 0 Å². The summed E-state index contributed by atoms with van der Waals surface area (Å²) in [6.45, 7) is 11.0. The summed E-state index contributed by atoms with van der Waals surface area (Å²) in [6, 6.07) is 9.35. The van der Waals surface area contributed by atoms with E-state index >= 15 is 8.78 Å². The van der Waals surface area contributed by atoms with Crippen LogP contribution < -0.4 is 26.2 Å². The maximum absolute atomic E-state index is 15.1. The molecule has 0 radical (unpaired) electrons. The summed E-state index contributed by atoms with van der Waals surface area (Å²) >= 11 is 1.56. The minimum absolute atomic E-state index is 0.0379. The van der Waals surface area contributed by atoms with E-state index in [9.17, 15) is 29.1 Å². The van der Waals surface area contributed by atoms with Crippen molar-refractivity contribution in [2.24, 2.45) is 5.41 Å². The number of anilines is 2. The Balaban J connectivity index is 0.753. The number of hydrogen-bond acceptors (Lipinski definition) is 12. The first-order valence-corrected chi connectivity index (χ1v) is 28.1. The lowest BCUT2D eigenvalue weighted by molar-refractivity contribution is -0.144. The molecule has 0 bridgehead atoms. The number of aliphatic hydroxyl groups excluding tert-OH is 1. The molecular formula is C56H72F2N12O7S. The summed E-state index contributed by atoms with van der Waals surface area (Å²) in [4.78, 5) is 77.2. The van der Waals surface area contributed by atoms with Crippen molar-refractivity contribution in [3.63, 3.8) is 0 Å². The SMILES string of the molecule is CNC(=O)N1CCc2c(c(N3CCCc4cc(-c5cnn(CCNC(=O)CCCCC(=O)N[C@H](C(=O)N6C[C@H](O)C[C@H]6C(=O)NCc6ccc(-c7scnc7C)cc6)C(C)(C)C)c5)c(C(F)F)cc43)nn2C2CCOCC2)C1. The van der Waals surface area contributed by atoms with Crippen molar-refractivity contribution in [2.75, 3.05) is 51.3 Å². The molecule has 0 unspecified atom stereocenters. The Morgan fingerprint density at radius 1 is 0.962 bits per heavy atom. The van der Waals surface area contributed by atoms with E-state index in [-0.39, 0.29) is 74.3 Å². The molecule has 78 heavy (non-hydrogen) atoms. The third-order valence-corrected chi connectivity index (χ3v) is 16.3. The molecule has 4 aliphatic rings. The Morgan fingerprint density at radius 3 is 2.42 bits per heavy atom. The number of carbonyl (C=O) groups is 5. The maximum Gasteiger partial charge on any atom is 0.317 e. The van der Waals surface area contributed by atoms with Crippen LogP contribution in [0.15, 0.2) is 54.3 Å². The Hall–Kier alpha value is -6.78. The molecule has 5 aromatic rings. The fourth-order valence-corrected chi connectivity index (χ4v) is 11.9. The van der Waals surface area contributed by atoms with Crippen molar-refractivity contribution in [2.45, 2.75) is 142 Å². The van der Waals surface area contributed by atoms with Gasteiger partial charge in [0, 0.05) is 113 Å². The van der Waals surface area contributed by atoms with Crippen molar-refractivity contribution in [3.05, 3.63) is 87.9 Å². The number of alkyl halides is 2. The van der Waals surface area contributed by atoms with Gasteiger partial charge in [-0.05, 0) is 85.3 Å². The third-order valence-electron chi connectivity index (χ3n) is 15.3. The van der Waals surface area contributed by atoms with Gasteiger partial charge in [-0.1, -0.05) is 45.0 Å². The Bertz CT molecular complexity index is 2970. The number of benzene rings is 2. The van der Waals surface area contributed by atoms with Crippen LogP contribution in [-0.2, 0) is 56.4 Å². The molecule has 2 saturated heterocycles. The van der Waals surface area contributed by atoms with Gasteiger partial charge in [0.15, 0.2) is 5.82 Å². The highest BCUT2D eigenvalue weighted by atomic mass is 32.1.